The first-order valence-electron chi connectivity index (χ1n) is 5.84. The number of alkyl halides is 1. The molecule has 1 saturated carbocycles. The van der Waals surface area contributed by atoms with E-state index in [-0.39, 0.29) is 0 Å². The Morgan fingerprint density at radius 2 is 2.12 bits per heavy atom. The van der Waals surface area contributed by atoms with Gasteiger partial charge in [0.05, 0.1) is 3.79 Å². The molecule has 1 aromatic heterocycles. The van der Waals surface area contributed by atoms with E-state index < -0.39 is 0 Å². The van der Waals surface area contributed by atoms with Gasteiger partial charge in [0.1, 0.15) is 0 Å². The van der Waals surface area contributed by atoms with Gasteiger partial charge in [-0.25, -0.2) is 0 Å². The van der Waals surface area contributed by atoms with Crippen molar-refractivity contribution in [3.05, 3.63) is 20.8 Å². The van der Waals surface area contributed by atoms with E-state index in [9.17, 15) is 0 Å². The average Bonchev–Trinajstić information content (AvgIpc) is 2.88. The summed E-state index contributed by atoms with van der Waals surface area (Å²) in [6.07, 6.45) is 5.47. The Bertz CT molecular complexity index is 323. The highest BCUT2D eigenvalue weighted by atomic mass is 79.9. The molecule has 0 N–H and O–H groups in total. The molecule has 0 aliphatic heterocycles. The van der Waals surface area contributed by atoms with Crippen molar-refractivity contribution < 1.29 is 0 Å². The first kappa shape index (κ1) is 12.9. The number of rotatable bonds is 5. The maximum absolute atomic E-state index is 5.90. The van der Waals surface area contributed by atoms with Crippen LogP contribution in [0.15, 0.2) is 15.9 Å². The highest BCUT2D eigenvalue weighted by Gasteiger charge is 2.22. The Balaban J connectivity index is 1.96. The number of nitrogens with zero attached hydrogens (tertiary/aromatic N) is 1. The molecule has 1 heterocycles. The number of thiophene rings is 1. The molecule has 1 nitrogen and oxygen atoms in total. The normalized spacial score (nSPS) is 17.4. The lowest BCUT2D eigenvalue weighted by atomic mass is 10.2. The molecule has 0 bridgehead atoms. The van der Waals surface area contributed by atoms with Gasteiger partial charge in [0.2, 0.25) is 0 Å². The molecule has 1 fully saturated rings. The largest absolute Gasteiger partial charge is 0.294 e. The van der Waals surface area contributed by atoms with E-state index >= 15 is 0 Å². The first-order chi connectivity index (χ1) is 7.79. The van der Waals surface area contributed by atoms with Crippen LogP contribution in [0.1, 0.15) is 30.6 Å². The minimum Gasteiger partial charge on any atom is -0.294 e. The summed E-state index contributed by atoms with van der Waals surface area (Å²) < 4.78 is 1.22. The van der Waals surface area contributed by atoms with Gasteiger partial charge in [-0.3, -0.25) is 4.90 Å². The first-order valence-corrected chi connectivity index (χ1v) is 7.98. The molecule has 0 saturated heterocycles. The molecule has 0 amide bonds. The van der Waals surface area contributed by atoms with Gasteiger partial charge in [0.25, 0.3) is 0 Å². The van der Waals surface area contributed by atoms with Crippen LogP contribution in [0.2, 0.25) is 0 Å². The summed E-state index contributed by atoms with van der Waals surface area (Å²) >= 11 is 11.2. The summed E-state index contributed by atoms with van der Waals surface area (Å²) in [6, 6.07) is 5.11. The second-order valence-corrected chi connectivity index (χ2v) is 7.23. The van der Waals surface area contributed by atoms with E-state index in [1.54, 1.807) is 0 Å². The molecule has 0 atom stereocenters. The molecule has 0 aromatic carbocycles. The van der Waals surface area contributed by atoms with Crippen LogP contribution in [-0.2, 0) is 6.54 Å². The fraction of sp³-hybridized carbons (Fsp3) is 0.667. The molecular formula is C12H17BrClNS. The van der Waals surface area contributed by atoms with Gasteiger partial charge in [-0.1, -0.05) is 12.8 Å². The molecule has 90 valence electrons. The van der Waals surface area contributed by atoms with Crippen molar-refractivity contribution >= 4 is 38.9 Å². The van der Waals surface area contributed by atoms with E-state index in [4.69, 9.17) is 11.6 Å². The topological polar surface area (TPSA) is 3.24 Å². The Hall–Kier alpha value is 0.430. The third kappa shape index (κ3) is 3.46. The molecular weight excluding hydrogens is 306 g/mol. The zero-order valence-corrected chi connectivity index (χ0v) is 12.5. The van der Waals surface area contributed by atoms with Crippen molar-refractivity contribution in [2.24, 2.45) is 0 Å². The van der Waals surface area contributed by atoms with Crippen LogP contribution in [0.5, 0.6) is 0 Å². The van der Waals surface area contributed by atoms with Crippen LogP contribution in [0.4, 0.5) is 0 Å². The van der Waals surface area contributed by atoms with Gasteiger partial charge in [0.15, 0.2) is 0 Å². The van der Waals surface area contributed by atoms with Crippen LogP contribution in [0, 0.1) is 0 Å². The van der Waals surface area contributed by atoms with Gasteiger partial charge in [-0.05, 0) is 40.9 Å². The van der Waals surface area contributed by atoms with Crippen molar-refractivity contribution in [1.29, 1.82) is 0 Å². The second-order valence-electron chi connectivity index (χ2n) is 4.30. The number of hydrogen-bond donors (Lipinski definition) is 0. The SMILES string of the molecule is ClCCN(Cc1ccc(Br)s1)C1CCCC1. The minimum absolute atomic E-state index is 0.739. The molecule has 0 radical (unpaired) electrons. The Kier molecular flexibility index (Phi) is 5.14. The highest BCUT2D eigenvalue weighted by Crippen LogP contribution is 2.28. The molecule has 4 heteroatoms. The van der Waals surface area contributed by atoms with Crippen molar-refractivity contribution in [2.75, 3.05) is 12.4 Å². The lowest BCUT2D eigenvalue weighted by Gasteiger charge is -2.27. The minimum atomic E-state index is 0.739. The summed E-state index contributed by atoms with van der Waals surface area (Å²) in [5.41, 5.74) is 0. The van der Waals surface area contributed by atoms with Crippen LogP contribution >= 0.6 is 38.9 Å². The third-order valence-electron chi connectivity index (χ3n) is 3.20. The summed E-state index contributed by atoms with van der Waals surface area (Å²) in [7, 11) is 0. The summed E-state index contributed by atoms with van der Waals surface area (Å²) in [5, 5.41) is 0. The zero-order chi connectivity index (χ0) is 11.4. The smallest absolute Gasteiger partial charge is 0.0701 e. The van der Waals surface area contributed by atoms with E-state index in [2.05, 4.69) is 33.0 Å². The second kappa shape index (κ2) is 6.39. The maximum atomic E-state index is 5.90. The maximum Gasteiger partial charge on any atom is 0.0701 e. The molecule has 1 aromatic rings. The number of hydrogen-bond acceptors (Lipinski definition) is 2. The Morgan fingerprint density at radius 3 is 2.69 bits per heavy atom. The van der Waals surface area contributed by atoms with Gasteiger partial charge >= 0.3 is 0 Å². The molecule has 1 aliphatic carbocycles. The standard InChI is InChI=1S/C12H17BrClNS/c13-12-6-5-11(16-12)9-15(8-7-14)10-3-1-2-4-10/h5-6,10H,1-4,7-9H2. The van der Waals surface area contributed by atoms with Crippen molar-refractivity contribution in [1.82, 2.24) is 4.90 Å². The number of halogens is 2. The van der Waals surface area contributed by atoms with Gasteiger partial charge in [0, 0.05) is 29.9 Å². The van der Waals surface area contributed by atoms with Crippen molar-refractivity contribution in [3.8, 4) is 0 Å². The monoisotopic (exact) mass is 321 g/mol. The fourth-order valence-corrected chi connectivity index (χ4v) is 4.13. The van der Waals surface area contributed by atoms with Crippen molar-refractivity contribution in [2.45, 2.75) is 38.3 Å². The quantitative estimate of drug-likeness (QED) is 0.722. The van der Waals surface area contributed by atoms with Crippen molar-refractivity contribution in [3.63, 3.8) is 0 Å². The van der Waals surface area contributed by atoms with Crippen LogP contribution in [0.3, 0.4) is 0 Å². The average molecular weight is 323 g/mol. The van der Waals surface area contributed by atoms with Crippen LogP contribution in [-0.4, -0.2) is 23.4 Å². The fourth-order valence-electron chi connectivity index (χ4n) is 2.41. The van der Waals surface area contributed by atoms with Gasteiger partial charge in [-0.15, -0.1) is 22.9 Å². The van der Waals surface area contributed by atoms with Crippen LogP contribution in [0.25, 0.3) is 0 Å². The lowest BCUT2D eigenvalue weighted by Crippen LogP contribution is -2.34. The summed E-state index contributed by atoms with van der Waals surface area (Å²) in [4.78, 5) is 3.99. The summed E-state index contributed by atoms with van der Waals surface area (Å²) in [6.45, 7) is 2.08. The molecule has 0 spiro atoms. The predicted molar refractivity (Wildman–Crippen MR) is 75.4 cm³/mol. The van der Waals surface area contributed by atoms with E-state index in [1.807, 2.05) is 11.3 Å². The molecule has 1 aliphatic rings. The van der Waals surface area contributed by atoms with Gasteiger partial charge < -0.3 is 0 Å². The van der Waals surface area contributed by atoms with E-state index in [1.165, 1.54) is 34.3 Å². The molecule has 2 rings (SSSR count). The molecule has 16 heavy (non-hydrogen) atoms. The van der Waals surface area contributed by atoms with E-state index in [0.717, 1.165) is 25.0 Å². The van der Waals surface area contributed by atoms with E-state index in [0.29, 0.717) is 0 Å². The molecule has 0 unspecified atom stereocenters. The van der Waals surface area contributed by atoms with Gasteiger partial charge in [-0.2, -0.15) is 0 Å². The lowest BCUT2D eigenvalue weighted by molar-refractivity contribution is 0.203. The van der Waals surface area contributed by atoms with Crippen LogP contribution < -0.4 is 0 Å². The third-order valence-corrected chi connectivity index (χ3v) is 4.98. The highest BCUT2D eigenvalue weighted by molar-refractivity contribution is 9.11. The Morgan fingerprint density at radius 1 is 1.38 bits per heavy atom. The predicted octanol–water partition coefficient (Wildman–Crippen LogP) is 4.49. The summed E-state index contributed by atoms with van der Waals surface area (Å²) in [5.74, 6) is 0.739. The zero-order valence-electron chi connectivity index (χ0n) is 9.29. The Labute approximate surface area is 115 Å².